The second-order valence-electron chi connectivity index (χ2n) is 16.0. The minimum Gasteiger partial charge on any atom is -0.386 e. The molecule has 64 heavy (non-hydrogen) atoms. The number of aliphatic hydroxyl groups is 2. The number of ether oxygens (including phenoxy) is 1. The van der Waals surface area contributed by atoms with Gasteiger partial charge in [0.2, 0.25) is 11.8 Å². The Morgan fingerprint density at radius 1 is 0.938 bits per heavy atom. The van der Waals surface area contributed by atoms with Crippen LogP contribution < -0.4 is 16.4 Å². The van der Waals surface area contributed by atoms with Crippen LogP contribution in [0.4, 0.5) is 5.82 Å². The maximum atomic E-state index is 12.7. The monoisotopic (exact) mass is 989 g/mol. The summed E-state index contributed by atoms with van der Waals surface area (Å²) in [7, 11) is -16.4. The van der Waals surface area contributed by atoms with Gasteiger partial charge in [-0.05, 0) is 18.2 Å². The molecule has 2 aromatic heterocycles. The van der Waals surface area contributed by atoms with E-state index in [-0.39, 0.29) is 35.9 Å². The van der Waals surface area contributed by atoms with Crippen molar-refractivity contribution >= 4 is 64.0 Å². The van der Waals surface area contributed by atoms with Gasteiger partial charge < -0.3 is 50.9 Å². The van der Waals surface area contributed by atoms with E-state index in [1.54, 1.807) is 11.8 Å². The molecule has 23 nitrogen and oxygen atoms in total. The molecule has 0 bridgehead atoms. The summed E-state index contributed by atoms with van der Waals surface area (Å²) in [5, 5.41) is 28.8. The van der Waals surface area contributed by atoms with Crippen molar-refractivity contribution in [2.75, 3.05) is 37.8 Å². The number of anilines is 1. The fourth-order valence-electron chi connectivity index (χ4n) is 6.50. The number of rotatable bonds is 33. The predicted octanol–water partition coefficient (Wildman–Crippen LogP) is 4.74. The Labute approximate surface area is 377 Å². The molecule has 10 N–H and O–H groups in total. The SMILES string of the molecule is CCCCCCCCCCCCCCC=CSCCNC(=O)CCNC(=O)C(O)C(C)(C)COP(=O)(O)OP(=O)(O)OC[C@H]1O[C@@H](n2cnc3c(N)ncnc32)[C@H](O)[C@@H]1OP(=O)(O)O. The van der Waals surface area contributed by atoms with Crippen molar-refractivity contribution in [1.29, 1.82) is 0 Å². The average molecular weight is 990 g/mol. The van der Waals surface area contributed by atoms with E-state index in [0.717, 1.165) is 30.1 Å². The molecule has 3 unspecified atom stereocenters. The molecule has 0 radical (unpaired) electrons. The first kappa shape index (κ1) is 56.0. The summed E-state index contributed by atoms with van der Waals surface area (Å²) < 4.78 is 62.4. The lowest BCUT2D eigenvalue weighted by Gasteiger charge is -2.30. The number of fused-ring (bicyclic) bond motifs is 1. The molecule has 3 heterocycles. The number of hydrogen-bond acceptors (Lipinski definition) is 17. The standard InChI is InChI=1S/C37H66N7O16P3S/c1-4-5-6-7-8-9-10-11-12-13-14-15-16-17-21-64-22-20-39-28(45)18-19-40-35(48)32(47)37(2,3)24-57-63(54,55)60-62(52,53)56-23-27-31(59-61(49,50)51)30(46)36(58-27)44-26-43-29-33(38)41-25-42-34(29)44/h17,21,25-27,30-32,36,46-47H,4-16,18-20,22-24H2,1-3H3,(H,39,45)(H,40,48)(H,52,53)(H,54,55)(H2,38,41,42)(H2,49,50,51)/t27-,30-,31-,32?,36-/m1/s1. The van der Waals surface area contributed by atoms with Crippen molar-refractivity contribution in [3.63, 3.8) is 0 Å². The minimum absolute atomic E-state index is 0.0332. The normalized spacial score (nSPS) is 20.6. The zero-order valence-electron chi connectivity index (χ0n) is 36.5. The number of carbonyl (C=O) groups excluding carboxylic acids is 2. The van der Waals surface area contributed by atoms with Gasteiger partial charge in [-0.2, -0.15) is 4.31 Å². The van der Waals surface area contributed by atoms with Gasteiger partial charge in [0.1, 0.15) is 36.3 Å². The zero-order valence-corrected chi connectivity index (χ0v) is 40.0. The van der Waals surface area contributed by atoms with Crippen LogP contribution in [0.3, 0.4) is 0 Å². The van der Waals surface area contributed by atoms with Gasteiger partial charge in [-0.15, -0.1) is 11.8 Å². The molecule has 7 atom stereocenters. The van der Waals surface area contributed by atoms with Crippen LogP contribution in [0.5, 0.6) is 0 Å². The molecule has 366 valence electrons. The van der Waals surface area contributed by atoms with E-state index in [1.807, 2.05) is 5.41 Å². The van der Waals surface area contributed by atoms with Gasteiger partial charge in [0.25, 0.3) is 0 Å². The number of amides is 2. The number of unbranched alkanes of at least 4 members (excludes halogenated alkanes) is 12. The van der Waals surface area contributed by atoms with Crippen molar-refractivity contribution in [3.8, 4) is 0 Å². The highest BCUT2D eigenvalue weighted by Crippen LogP contribution is 2.61. The lowest BCUT2D eigenvalue weighted by molar-refractivity contribution is -0.137. The molecule has 0 aliphatic carbocycles. The van der Waals surface area contributed by atoms with Crippen LogP contribution in [0.1, 0.15) is 117 Å². The summed E-state index contributed by atoms with van der Waals surface area (Å²) in [6.07, 6.45) is 12.2. The molecule has 3 rings (SSSR count). The van der Waals surface area contributed by atoms with Gasteiger partial charge in [-0.3, -0.25) is 27.7 Å². The van der Waals surface area contributed by atoms with Gasteiger partial charge >= 0.3 is 23.5 Å². The Balaban J connectivity index is 1.32. The first-order valence-corrected chi connectivity index (χ1v) is 26.9. The zero-order chi connectivity index (χ0) is 47.4. The van der Waals surface area contributed by atoms with Crippen molar-refractivity contribution in [2.45, 2.75) is 141 Å². The van der Waals surface area contributed by atoms with Crippen LogP contribution in [-0.4, -0.2) is 118 Å². The third kappa shape index (κ3) is 20.2. The van der Waals surface area contributed by atoms with Gasteiger partial charge in [0.15, 0.2) is 17.7 Å². The molecule has 1 aliphatic rings. The fourth-order valence-corrected chi connectivity index (χ4v) is 9.95. The quantitative estimate of drug-likeness (QED) is 0.0344. The number of thioether (sulfide) groups is 1. The van der Waals surface area contributed by atoms with Gasteiger partial charge in [-0.1, -0.05) is 97.5 Å². The molecule has 2 amide bonds. The largest absolute Gasteiger partial charge is 0.481 e. The van der Waals surface area contributed by atoms with Crippen LogP contribution >= 0.6 is 35.2 Å². The van der Waals surface area contributed by atoms with E-state index in [2.05, 4.69) is 47.4 Å². The van der Waals surface area contributed by atoms with Crippen LogP contribution in [0.2, 0.25) is 0 Å². The van der Waals surface area contributed by atoms with Crippen LogP contribution in [0, 0.1) is 5.41 Å². The molecular formula is C37H66N7O16P3S. The summed E-state index contributed by atoms with van der Waals surface area (Å²) in [4.78, 5) is 76.1. The topological polar surface area (TPSA) is 347 Å². The highest BCUT2D eigenvalue weighted by molar-refractivity contribution is 8.02. The predicted molar refractivity (Wildman–Crippen MR) is 237 cm³/mol. The second kappa shape index (κ2) is 27.4. The number of phosphoric ester groups is 3. The number of nitrogens with zero attached hydrogens (tertiary/aromatic N) is 4. The molecular weight excluding hydrogens is 923 g/mol. The first-order chi connectivity index (χ1) is 30.2. The molecule has 1 saturated heterocycles. The van der Waals surface area contributed by atoms with Crippen molar-refractivity contribution < 1.29 is 75.7 Å². The number of phosphoric acid groups is 3. The summed E-state index contributed by atoms with van der Waals surface area (Å²) in [6, 6.07) is 0. The number of nitrogens with one attached hydrogen (secondary N) is 2. The Bertz CT molecular complexity index is 1920. The lowest BCUT2D eigenvalue weighted by atomic mass is 9.87. The molecule has 0 saturated carbocycles. The molecule has 0 spiro atoms. The minimum atomic E-state index is -5.56. The Morgan fingerprint density at radius 2 is 1.56 bits per heavy atom. The van der Waals surface area contributed by atoms with E-state index < -0.39 is 78.6 Å². The van der Waals surface area contributed by atoms with E-state index >= 15 is 0 Å². The Hall–Kier alpha value is -2.37. The van der Waals surface area contributed by atoms with Crippen molar-refractivity contribution in [2.24, 2.45) is 5.41 Å². The number of nitrogens with two attached hydrogens (primary N) is 1. The third-order valence-electron chi connectivity index (χ3n) is 10.0. The van der Waals surface area contributed by atoms with Gasteiger partial charge in [0, 0.05) is 30.7 Å². The number of hydrogen-bond donors (Lipinski definition) is 9. The summed E-state index contributed by atoms with van der Waals surface area (Å²) >= 11 is 1.59. The van der Waals surface area contributed by atoms with Crippen LogP contribution in [0.25, 0.3) is 11.2 Å². The maximum Gasteiger partial charge on any atom is 0.481 e. The molecule has 2 aromatic rings. The molecule has 1 fully saturated rings. The number of imidazole rings is 1. The van der Waals surface area contributed by atoms with Crippen LogP contribution in [-0.2, 0) is 45.9 Å². The summed E-state index contributed by atoms with van der Waals surface area (Å²) in [6.45, 7) is 3.13. The first-order valence-electron chi connectivity index (χ1n) is 21.3. The molecule has 0 aromatic carbocycles. The highest BCUT2D eigenvalue weighted by Gasteiger charge is 2.50. The van der Waals surface area contributed by atoms with Crippen molar-refractivity contribution in [1.82, 2.24) is 30.2 Å². The molecule has 27 heteroatoms. The van der Waals surface area contributed by atoms with E-state index in [1.165, 1.54) is 84.5 Å². The third-order valence-corrected chi connectivity index (χ3v) is 14.0. The summed E-state index contributed by atoms with van der Waals surface area (Å²) in [5.74, 6) is -0.610. The second-order valence-corrected chi connectivity index (χ2v) is 21.2. The Kier molecular flexibility index (Phi) is 24.0. The number of nitrogen functional groups attached to an aromatic ring is 1. The maximum absolute atomic E-state index is 12.7. The Morgan fingerprint density at radius 3 is 2.20 bits per heavy atom. The average Bonchev–Trinajstić information content (AvgIpc) is 3.78. The number of allylic oxidation sites excluding steroid dienone is 1. The number of aliphatic hydroxyl groups excluding tert-OH is 2. The van der Waals surface area contributed by atoms with Crippen LogP contribution in [0.15, 0.2) is 24.1 Å². The molecule has 1 aliphatic heterocycles. The number of carbonyl (C=O) groups is 2. The fraction of sp³-hybridized carbons (Fsp3) is 0.757. The smallest absolute Gasteiger partial charge is 0.386 e. The summed E-state index contributed by atoms with van der Waals surface area (Å²) in [5.41, 5.74) is 4.33. The lowest BCUT2D eigenvalue weighted by Crippen LogP contribution is -2.46. The number of aromatic nitrogens is 4. The van der Waals surface area contributed by atoms with Crippen molar-refractivity contribution in [3.05, 3.63) is 24.1 Å². The van der Waals surface area contributed by atoms with E-state index in [0.29, 0.717) is 12.3 Å². The van der Waals surface area contributed by atoms with Gasteiger partial charge in [-0.25, -0.2) is 28.6 Å². The van der Waals surface area contributed by atoms with E-state index in [4.69, 9.17) is 19.5 Å². The van der Waals surface area contributed by atoms with E-state index in [9.17, 15) is 53.1 Å². The van der Waals surface area contributed by atoms with Gasteiger partial charge in [0.05, 0.1) is 19.5 Å². The highest BCUT2D eigenvalue weighted by atomic mass is 32.2.